The number of carboxylic acid groups (broad SMARTS) is 1. The van der Waals surface area contributed by atoms with E-state index in [1.54, 1.807) is 0 Å². The summed E-state index contributed by atoms with van der Waals surface area (Å²) in [6.45, 7) is 0.0701. The first-order valence-corrected chi connectivity index (χ1v) is 5.06. The molecule has 1 aliphatic heterocycles. The fourth-order valence-electron chi connectivity index (χ4n) is 1.83. The molecule has 0 radical (unpaired) electrons. The molecular weight excluding hydrogens is 235 g/mol. The molecule has 1 N–H and O–H groups in total. The summed E-state index contributed by atoms with van der Waals surface area (Å²) in [7, 11) is 0. The molecule has 0 saturated carbocycles. The predicted octanol–water partition coefficient (Wildman–Crippen LogP) is 2.59. The Morgan fingerprint density at radius 3 is 2.59 bits per heavy atom. The number of hydrogen-bond donors (Lipinski definition) is 1. The Hall–Kier alpha value is -1.72. The van der Waals surface area contributed by atoms with Gasteiger partial charge in [-0.1, -0.05) is 6.07 Å². The number of carbonyl (C=O) groups is 1. The zero-order valence-electron chi connectivity index (χ0n) is 8.74. The van der Waals surface area contributed by atoms with Crippen molar-refractivity contribution in [3.8, 4) is 0 Å². The van der Waals surface area contributed by atoms with Crippen LogP contribution in [0.2, 0.25) is 0 Å². The van der Waals surface area contributed by atoms with Crippen LogP contribution in [0.4, 0.5) is 18.0 Å². The van der Waals surface area contributed by atoms with Crippen LogP contribution < -0.4 is 0 Å². The molecule has 1 fully saturated rings. The smallest absolute Gasteiger partial charge is 0.407 e. The van der Waals surface area contributed by atoms with Gasteiger partial charge in [0.05, 0.1) is 0 Å². The van der Waals surface area contributed by atoms with E-state index in [-0.39, 0.29) is 18.7 Å². The van der Waals surface area contributed by atoms with Crippen LogP contribution in [0.5, 0.6) is 0 Å². The molecule has 1 atom stereocenters. The highest BCUT2D eigenvalue weighted by Crippen LogP contribution is 2.34. The van der Waals surface area contributed by atoms with Crippen molar-refractivity contribution in [1.29, 1.82) is 0 Å². The lowest BCUT2D eigenvalue weighted by Gasteiger charge is -2.38. The Morgan fingerprint density at radius 1 is 1.41 bits per heavy atom. The molecule has 6 heteroatoms. The lowest BCUT2D eigenvalue weighted by molar-refractivity contribution is 0.0396. The van der Waals surface area contributed by atoms with Crippen LogP contribution >= 0.6 is 0 Å². The molecule has 0 aliphatic carbocycles. The summed E-state index contributed by atoms with van der Waals surface area (Å²) in [4.78, 5) is 11.5. The summed E-state index contributed by atoms with van der Waals surface area (Å²) in [6.07, 6.45) is -2.72. The number of halogens is 3. The normalized spacial score (nSPS) is 17.7. The van der Waals surface area contributed by atoms with E-state index < -0.39 is 29.8 Å². The highest BCUT2D eigenvalue weighted by Gasteiger charge is 2.38. The highest BCUT2D eigenvalue weighted by molar-refractivity contribution is 5.66. The van der Waals surface area contributed by atoms with Gasteiger partial charge in [0.25, 0.3) is 0 Å². The van der Waals surface area contributed by atoms with Gasteiger partial charge in [0.1, 0.15) is 17.8 Å². The van der Waals surface area contributed by atoms with Gasteiger partial charge in [0.2, 0.25) is 0 Å². The zero-order valence-corrected chi connectivity index (χ0v) is 8.74. The Bertz CT molecular complexity index is 446. The molecule has 0 bridgehead atoms. The van der Waals surface area contributed by atoms with Crippen LogP contribution in [0.15, 0.2) is 18.2 Å². The lowest BCUT2D eigenvalue weighted by Crippen LogP contribution is -2.51. The molecule has 92 valence electrons. The van der Waals surface area contributed by atoms with E-state index in [0.717, 1.165) is 17.0 Å². The van der Waals surface area contributed by atoms with E-state index in [1.165, 1.54) is 0 Å². The van der Waals surface area contributed by atoms with Gasteiger partial charge >= 0.3 is 6.09 Å². The zero-order chi connectivity index (χ0) is 12.6. The van der Waals surface area contributed by atoms with Crippen LogP contribution in [0.25, 0.3) is 0 Å². The monoisotopic (exact) mass is 245 g/mol. The Kier molecular flexibility index (Phi) is 2.95. The van der Waals surface area contributed by atoms with E-state index >= 15 is 0 Å². The predicted molar refractivity (Wildman–Crippen MR) is 53.3 cm³/mol. The van der Waals surface area contributed by atoms with Crippen molar-refractivity contribution >= 4 is 6.09 Å². The maximum Gasteiger partial charge on any atom is 0.407 e. The van der Waals surface area contributed by atoms with E-state index in [9.17, 15) is 18.0 Å². The molecule has 1 unspecified atom stereocenters. The van der Waals surface area contributed by atoms with E-state index in [2.05, 4.69) is 0 Å². The van der Waals surface area contributed by atoms with Gasteiger partial charge in [-0.3, -0.25) is 0 Å². The van der Waals surface area contributed by atoms with Crippen molar-refractivity contribution in [3.63, 3.8) is 0 Å². The SMILES string of the molecule is O=C(O)N1CC(C(F)c2ccc(F)cc2F)C1. The van der Waals surface area contributed by atoms with Gasteiger partial charge in [-0.15, -0.1) is 0 Å². The first-order chi connectivity index (χ1) is 7.99. The summed E-state index contributed by atoms with van der Waals surface area (Å²) >= 11 is 0. The van der Waals surface area contributed by atoms with E-state index in [1.807, 2.05) is 0 Å². The maximum atomic E-state index is 13.8. The van der Waals surface area contributed by atoms with E-state index in [0.29, 0.717) is 6.07 Å². The summed E-state index contributed by atoms with van der Waals surface area (Å²) in [5, 5.41) is 8.57. The van der Waals surface area contributed by atoms with Crippen molar-refractivity contribution in [2.24, 2.45) is 5.92 Å². The molecule has 1 heterocycles. The number of rotatable bonds is 2. The fraction of sp³-hybridized carbons (Fsp3) is 0.364. The molecule has 1 aliphatic rings. The van der Waals surface area contributed by atoms with Gasteiger partial charge < -0.3 is 10.0 Å². The molecule has 3 nitrogen and oxygen atoms in total. The third-order valence-corrected chi connectivity index (χ3v) is 2.85. The first kappa shape index (κ1) is 11.8. The van der Waals surface area contributed by atoms with Crippen molar-refractivity contribution < 1.29 is 23.1 Å². The third kappa shape index (κ3) is 2.20. The molecule has 0 spiro atoms. The second kappa shape index (κ2) is 4.27. The van der Waals surface area contributed by atoms with Crippen LogP contribution in [-0.2, 0) is 0 Å². The van der Waals surface area contributed by atoms with Gasteiger partial charge in [-0.25, -0.2) is 18.0 Å². The average molecular weight is 245 g/mol. The Morgan fingerprint density at radius 2 is 2.06 bits per heavy atom. The van der Waals surface area contributed by atoms with Crippen LogP contribution in [0, 0.1) is 17.6 Å². The van der Waals surface area contributed by atoms with Crippen molar-refractivity contribution in [2.45, 2.75) is 6.17 Å². The summed E-state index contributed by atoms with van der Waals surface area (Å²) in [6, 6.07) is 2.66. The minimum absolute atomic E-state index is 0.0350. The average Bonchev–Trinajstić information content (AvgIpc) is 2.13. The summed E-state index contributed by atoms with van der Waals surface area (Å²) in [5.74, 6) is -2.27. The fourth-order valence-corrected chi connectivity index (χ4v) is 1.83. The number of amides is 1. The molecule has 1 saturated heterocycles. The number of nitrogens with zero attached hydrogens (tertiary/aromatic N) is 1. The maximum absolute atomic E-state index is 13.8. The molecule has 1 aromatic rings. The molecule has 0 aromatic heterocycles. The quantitative estimate of drug-likeness (QED) is 0.869. The van der Waals surface area contributed by atoms with Gasteiger partial charge in [-0.2, -0.15) is 0 Å². The highest BCUT2D eigenvalue weighted by atomic mass is 19.1. The number of alkyl halides is 1. The second-order valence-corrected chi connectivity index (χ2v) is 4.02. The largest absolute Gasteiger partial charge is 0.465 e. The second-order valence-electron chi connectivity index (χ2n) is 4.02. The van der Waals surface area contributed by atoms with Crippen molar-refractivity contribution in [1.82, 2.24) is 4.90 Å². The van der Waals surface area contributed by atoms with Gasteiger partial charge in [0, 0.05) is 30.6 Å². The van der Waals surface area contributed by atoms with Crippen LogP contribution in [0.1, 0.15) is 11.7 Å². The summed E-state index contributed by atoms with van der Waals surface area (Å²) in [5.41, 5.74) is -0.221. The third-order valence-electron chi connectivity index (χ3n) is 2.85. The molecule has 1 aromatic carbocycles. The Labute approximate surface area is 95.5 Å². The minimum Gasteiger partial charge on any atom is -0.465 e. The van der Waals surface area contributed by atoms with Crippen LogP contribution in [-0.4, -0.2) is 29.2 Å². The minimum atomic E-state index is -1.61. The van der Waals surface area contributed by atoms with Crippen molar-refractivity contribution in [3.05, 3.63) is 35.4 Å². The van der Waals surface area contributed by atoms with Crippen molar-refractivity contribution in [2.75, 3.05) is 13.1 Å². The summed E-state index contributed by atoms with van der Waals surface area (Å²) < 4.78 is 39.7. The van der Waals surface area contributed by atoms with Crippen LogP contribution in [0.3, 0.4) is 0 Å². The van der Waals surface area contributed by atoms with E-state index in [4.69, 9.17) is 5.11 Å². The molecule has 1 amide bonds. The number of hydrogen-bond acceptors (Lipinski definition) is 1. The van der Waals surface area contributed by atoms with Gasteiger partial charge in [0.15, 0.2) is 0 Å². The standard InChI is InChI=1S/C11H10F3NO2/c12-7-1-2-8(9(13)3-7)10(14)6-4-15(5-6)11(16)17/h1-3,6,10H,4-5H2,(H,16,17). The number of likely N-dealkylation sites (tertiary alicyclic amines) is 1. The molecular formula is C11H10F3NO2. The Balaban J connectivity index is 2.06. The number of benzene rings is 1. The van der Waals surface area contributed by atoms with Gasteiger partial charge in [-0.05, 0) is 6.07 Å². The molecule has 17 heavy (non-hydrogen) atoms. The lowest BCUT2D eigenvalue weighted by atomic mass is 9.90. The first-order valence-electron chi connectivity index (χ1n) is 5.06. The topological polar surface area (TPSA) is 40.5 Å². The molecule has 2 rings (SSSR count).